The molecule has 0 unspecified atom stereocenters. The van der Waals surface area contributed by atoms with E-state index in [9.17, 15) is 4.79 Å². The maximum absolute atomic E-state index is 11.4. The fourth-order valence-electron chi connectivity index (χ4n) is 1.31. The topological polar surface area (TPSA) is 35.5 Å². The van der Waals surface area contributed by atoms with Gasteiger partial charge < -0.3 is 9.47 Å². The first kappa shape index (κ1) is 15.9. The van der Waals surface area contributed by atoms with Gasteiger partial charge in [-0.2, -0.15) is 0 Å². The van der Waals surface area contributed by atoms with Crippen molar-refractivity contribution in [2.75, 3.05) is 13.4 Å². The van der Waals surface area contributed by atoms with Crippen molar-refractivity contribution in [2.45, 2.75) is 46.0 Å². The Labute approximate surface area is 104 Å². The Morgan fingerprint density at radius 3 is 2.71 bits per heavy atom. The van der Waals surface area contributed by atoms with Crippen LogP contribution in [-0.4, -0.2) is 19.4 Å². The molecule has 0 bridgehead atoms. The normalized spacial score (nSPS) is 11.3. The third-order valence-electron chi connectivity index (χ3n) is 2.34. The van der Waals surface area contributed by atoms with Crippen LogP contribution in [0.3, 0.4) is 0 Å². The van der Waals surface area contributed by atoms with Crippen LogP contribution in [0.5, 0.6) is 0 Å². The van der Waals surface area contributed by atoms with E-state index in [1.807, 2.05) is 6.08 Å². The number of hydrogen-bond acceptors (Lipinski definition) is 3. The molecule has 0 aromatic rings. The minimum absolute atomic E-state index is 0.00807. The van der Waals surface area contributed by atoms with E-state index in [0.29, 0.717) is 12.2 Å². The SMILES string of the molecule is C=CCOCOC(=O)C(C)=CCCCCCC. The monoisotopic (exact) mass is 240 g/mol. The summed E-state index contributed by atoms with van der Waals surface area (Å²) in [6, 6.07) is 0. The summed E-state index contributed by atoms with van der Waals surface area (Å²) in [6.07, 6.45) is 9.32. The highest BCUT2D eigenvalue weighted by Gasteiger charge is 2.04. The third-order valence-corrected chi connectivity index (χ3v) is 2.34. The van der Waals surface area contributed by atoms with Crippen molar-refractivity contribution < 1.29 is 14.3 Å². The van der Waals surface area contributed by atoms with Crippen molar-refractivity contribution >= 4 is 5.97 Å². The summed E-state index contributed by atoms with van der Waals surface area (Å²) in [5, 5.41) is 0. The van der Waals surface area contributed by atoms with E-state index in [2.05, 4.69) is 13.5 Å². The molecule has 0 heterocycles. The largest absolute Gasteiger partial charge is 0.435 e. The van der Waals surface area contributed by atoms with Crippen LogP contribution in [0.25, 0.3) is 0 Å². The highest BCUT2D eigenvalue weighted by molar-refractivity contribution is 5.87. The molecule has 0 amide bonds. The van der Waals surface area contributed by atoms with Gasteiger partial charge >= 0.3 is 5.97 Å². The minimum atomic E-state index is -0.301. The summed E-state index contributed by atoms with van der Waals surface area (Å²) in [6.45, 7) is 7.84. The molecule has 98 valence electrons. The van der Waals surface area contributed by atoms with Crippen molar-refractivity contribution in [3.8, 4) is 0 Å². The molecule has 0 aliphatic carbocycles. The van der Waals surface area contributed by atoms with E-state index in [4.69, 9.17) is 9.47 Å². The van der Waals surface area contributed by atoms with Gasteiger partial charge in [-0.05, 0) is 19.8 Å². The molecular formula is C14H24O3. The van der Waals surface area contributed by atoms with Crippen LogP contribution in [0.1, 0.15) is 46.0 Å². The third kappa shape index (κ3) is 9.82. The van der Waals surface area contributed by atoms with Crippen LogP contribution in [-0.2, 0) is 14.3 Å². The summed E-state index contributed by atoms with van der Waals surface area (Å²) in [5.41, 5.74) is 0.656. The second kappa shape index (κ2) is 11.4. The molecule has 0 spiro atoms. The molecule has 0 rings (SSSR count). The highest BCUT2D eigenvalue weighted by Crippen LogP contribution is 2.06. The fraction of sp³-hybridized carbons (Fsp3) is 0.643. The Bertz CT molecular complexity index is 244. The molecule has 0 aliphatic rings. The predicted molar refractivity (Wildman–Crippen MR) is 69.6 cm³/mol. The summed E-state index contributed by atoms with van der Waals surface area (Å²) in [7, 11) is 0. The number of allylic oxidation sites excluding steroid dienone is 1. The molecule has 0 saturated carbocycles. The second-order valence-corrected chi connectivity index (χ2v) is 3.95. The van der Waals surface area contributed by atoms with Crippen molar-refractivity contribution in [1.82, 2.24) is 0 Å². The van der Waals surface area contributed by atoms with Crippen molar-refractivity contribution in [1.29, 1.82) is 0 Å². The average molecular weight is 240 g/mol. The van der Waals surface area contributed by atoms with Crippen LogP contribution in [0.15, 0.2) is 24.3 Å². The lowest BCUT2D eigenvalue weighted by atomic mass is 10.1. The molecule has 0 atom stereocenters. The fourth-order valence-corrected chi connectivity index (χ4v) is 1.31. The maximum atomic E-state index is 11.4. The van der Waals surface area contributed by atoms with Crippen LogP contribution in [0, 0.1) is 0 Å². The van der Waals surface area contributed by atoms with E-state index in [0.717, 1.165) is 12.8 Å². The molecule has 0 aromatic heterocycles. The average Bonchev–Trinajstić information content (AvgIpc) is 2.34. The van der Waals surface area contributed by atoms with Crippen LogP contribution < -0.4 is 0 Å². The van der Waals surface area contributed by atoms with Gasteiger partial charge in [0.2, 0.25) is 0 Å². The Hall–Kier alpha value is -1.09. The molecule has 0 aromatic carbocycles. The van der Waals surface area contributed by atoms with Gasteiger partial charge in [-0.25, -0.2) is 4.79 Å². The lowest BCUT2D eigenvalue weighted by molar-refractivity contribution is -0.150. The molecule has 3 nitrogen and oxygen atoms in total. The Morgan fingerprint density at radius 1 is 1.29 bits per heavy atom. The molecule has 0 aliphatic heterocycles. The van der Waals surface area contributed by atoms with Gasteiger partial charge in [-0.15, -0.1) is 6.58 Å². The number of ether oxygens (including phenoxy) is 2. The zero-order valence-corrected chi connectivity index (χ0v) is 11.0. The number of rotatable bonds is 10. The van der Waals surface area contributed by atoms with Gasteiger partial charge in [0.05, 0.1) is 6.61 Å². The number of esters is 1. The summed E-state index contributed by atoms with van der Waals surface area (Å²) in [5.74, 6) is -0.301. The molecule has 3 heteroatoms. The van der Waals surface area contributed by atoms with Gasteiger partial charge in [0.25, 0.3) is 0 Å². The first-order chi connectivity index (χ1) is 8.22. The highest BCUT2D eigenvalue weighted by atomic mass is 16.7. The molecule has 0 fully saturated rings. The lowest BCUT2D eigenvalue weighted by Gasteiger charge is -2.04. The summed E-state index contributed by atoms with van der Waals surface area (Å²) in [4.78, 5) is 11.4. The summed E-state index contributed by atoms with van der Waals surface area (Å²) < 4.78 is 9.88. The molecule has 0 radical (unpaired) electrons. The quantitative estimate of drug-likeness (QED) is 0.192. The number of hydrogen-bond donors (Lipinski definition) is 0. The Kier molecular flexibility index (Phi) is 10.7. The Morgan fingerprint density at radius 2 is 2.06 bits per heavy atom. The van der Waals surface area contributed by atoms with Crippen molar-refractivity contribution in [2.24, 2.45) is 0 Å². The molecule has 0 saturated heterocycles. The van der Waals surface area contributed by atoms with Gasteiger partial charge in [0, 0.05) is 5.57 Å². The van der Waals surface area contributed by atoms with Gasteiger partial charge in [-0.1, -0.05) is 38.3 Å². The smallest absolute Gasteiger partial charge is 0.335 e. The minimum Gasteiger partial charge on any atom is -0.435 e. The first-order valence-electron chi connectivity index (χ1n) is 6.24. The van der Waals surface area contributed by atoms with Crippen molar-refractivity contribution in [3.05, 3.63) is 24.3 Å². The van der Waals surface area contributed by atoms with Crippen LogP contribution in [0.2, 0.25) is 0 Å². The van der Waals surface area contributed by atoms with Gasteiger partial charge in [0.15, 0.2) is 6.79 Å². The molecule has 0 N–H and O–H groups in total. The van der Waals surface area contributed by atoms with Crippen LogP contribution >= 0.6 is 0 Å². The zero-order valence-electron chi connectivity index (χ0n) is 11.0. The van der Waals surface area contributed by atoms with Gasteiger partial charge in [0.1, 0.15) is 0 Å². The standard InChI is InChI=1S/C14H24O3/c1-4-6-7-8-9-10-13(3)14(15)17-12-16-11-5-2/h5,10H,2,4,6-9,11-12H2,1,3H3. The van der Waals surface area contributed by atoms with E-state index < -0.39 is 0 Å². The number of carbonyl (C=O) groups excluding carboxylic acids is 1. The predicted octanol–water partition coefficient (Wildman–Crippen LogP) is 3.61. The molecule has 17 heavy (non-hydrogen) atoms. The lowest BCUT2D eigenvalue weighted by Crippen LogP contribution is -2.09. The van der Waals surface area contributed by atoms with E-state index in [-0.39, 0.29) is 12.8 Å². The van der Waals surface area contributed by atoms with Crippen LogP contribution in [0.4, 0.5) is 0 Å². The zero-order chi connectivity index (χ0) is 12.9. The maximum Gasteiger partial charge on any atom is 0.335 e. The van der Waals surface area contributed by atoms with E-state index >= 15 is 0 Å². The second-order valence-electron chi connectivity index (χ2n) is 3.95. The first-order valence-corrected chi connectivity index (χ1v) is 6.24. The summed E-state index contributed by atoms with van der Waals surface area (Å²) >= 11 is 0. The van der Waals surface area contributed by atoms with Crippen molar-refractivity contribution in [3.63, 3.8) is 0 Å². The van der Waals surface area contributed by atoms with E-state index in [1.54, 1.807) is 13.0 Å². The number of unbranched alkanes of at least 4 members (excludes halogenated alkanes) is 4. The number of carbonyl (C=O) groups is 1. The molecular weight excluding hydrogens is 216 g/mol. The van der Waals surface area contributed by atoms with Gasteiger partial charge in [-0.3, -0.25) is 0 Å². The Balaban J connectivity index is 3.64. The van der Waals surface area contributed by atoms with E-state index in [1.165, 1.54) is 19.3 Å².